The van der Waals surface area contributed by atoms with E-state index in [1.807, 2.05) is 24.3 Å². The first-order valence-corrected chi connectivity index (χ1v) is 12.3. The van der Waals surface area contributed by atoms with Crippen molar-refractivity contribution in [1.29, 1.82) is 0 Å². The lowest BCUT2D eigenvalue weighted by Crippen LogP contribution is -2.53. The predicted molar refractivity (Wildman–Crippen MR) is 130 cm³/mol. The number of carbonyl (C=O) groups excluding carboxylic acids is 2. The van der Waals surface area contributed by atoms with Crippen molar-refractivity contribution in [3.63, 3.8) is 0 Å². The van der Waals surface area contributed by atoms with Crippen molar-refractivity contribution in [1.82, 2.24) is 0 Å². The highest BCUT2D eigenvalue weighted by atomic mass is 16.5. The lowest BCUT2D eigenvalue weighted by atomic mass is 9.46. The zero-order chi connectivity index (χ0) is 24.3. The fraction of sp³-hybridized carbons (Fsp3) is 0.517. The Kier molecular flexibility index (Phi) is 7.01. The summed E-state index contributed by atoms with van der Waals surface area (Å²) in [7, 11) is 1.50. The van der Waals surface area contributed by atoms with E-state index in [0.717, 1.165) is 50.5 Å². The first kappa shape index (κ1) is 24.3. The van der Waals surface area contributed by atoms with Crippen molar-refractivity contribution >= 4 is 11.9 Å². The van der Waals surface area contributed by atoms with E-state index in [9.17, 15) is 9.59 Å². The number of benzene rings is 1. The normalized spacial score (nSPS) is 28.7. The van der Waals surface area contributed by atoms with E-state index in [0.29, 0.717) is 17.2 Å². The summed E-state index contributed by atoms with van der Waals surface area (Å²) in [6, 6.07) is 10.9. The summed E-state index contributed by atoms with van der Waals surface area (Å²) in [5.74, 6) is 0.864. The van der Waals surface area contributed by atoms with E-state index in [-0.39, 0.29) is 29.9 Å². The summed E-state index contributed by atoms with van der Waals surface area (Å²) in [6.45, 7) is 9.01. The van der Waals surface area contributed by atoms with E-state index >= 15 is 0 Å². The summed E-state index contributed by atoms with van der Waals surface area (Å²) in [6.07, 6.45) is 8.36. The highest BCUT2D eigenvalue weighted by molar-refractivity contribution is 5.89. The molecule has 4 atom stereocenters. The van der Waals surface area contributed by atoms with E-state index < -0.39 is 5.41 Å². The molecule has 0 aliphatic heterocycles. The first-order valence-electron chi connectivity index (χ1n) is 12.3. The average Bonchev–Trinajstić information content (AvgIpc) is 3.29. The standard InChI is InChI=1S/C29H36O5/c1-20-11-14-25-28(2,16-8-17-29(25,3)27(31)32-4)23(20)13-12-21-15-18-33-24(21)19-34-26(30)22-9-6-5-7-10-22/h5-7,9-10,15,18,23,25H,1,8,11-14,16-17,19H2,2-4H3/t23-,25-,28+,29+/m0/s1. The smallest absolute Gasteiger partial charge is 0.338 e. The van der Waals surface area contributed by atoms with Crippen LogP contribution in [0.2, 0.25) is 0 Å². The molecule has 182 valence electrons. The monoisotopic (exact) mass is 464 g/mol. The molecule has 5 heteroatoms. The molecule has 0 saturated heterocycles. The lowest BCUT2D eigenvalue weighted by molar-refractivity contribution is -0.168. The van der Waals surface area contributed by atoms with Gasteiger partial charge in [0.05, 0.1) is 24.4 Å². The molecule has 1 heterocycles. The van der Waals surface area contributed by atoms with Gasteiger partial charge in [-0.3, -0.25) is 4.79 Å². The summed E-state index contributed by atoms with van der Waals surface area (Å²) < 4.78 is 16.4. The van der Waals surface area contributed by atoms with Crippen molar-refractivity contribution < 1.29 is 23.5 Å². The van der Waals surface area contributed by atoms with Crippen LogP contribution in [0.25, 0.3) is 0 Å². The number of esters is 2. The fourth-order valence-corrected chi connectivity index (χ4v) is 6.76. The van der Waals surface area contributed by atoms with Crippen LogP contribution < -0.4 is 0 Å². The van der Waals surface area contributed by atoms with Crippen LogP contribution in [0, 0.1) is 22.7 Å². The summed E-state index contributed by atoms with van der Waals surface area (Å²) >= 11 is 0. The highest BCUT2D eigenvalue weighted by Crippen LogP contribution is 2.62. The Hall–Kier alpha value is -2.82. The summed E-state index contributed by atoms with van der Waals surface area (Å²) in [5.41, 5.74) is 2.45. The minimum Gasteiger partial charge on any atom is -0.469 e. The number of methoxy groups -OCH3 is 1. The number of hydrogen-bond acceptors (Lipinski definition) is 5. The van der Waals surface area contributed by atoms with Gasteiger partial charge in [0.25, 0.3) is 0 Å². The van der Waals surface area contributed by atoms with Crippen LogP contribution in [0.3, 0.4) is 0 Å². The molecule has 5 nitrogen and oxygen atoms in total. The molecule has 2 aliphatic rings. The van der Waals surface area contributed by atoms with Crippen LogP contribution in [0.15, 0.2) is 59.2 Å². The number of rotatable bonds is 7. The molecule has 0 radical (unpaired) electrons. The largest absolute Gasteiger partial charge is 0.469 e. The van der Waals surface area contributed by atoms with Gasteiger partial charge in [0.15, 0.2) is 0 Å². The third kappa shape index (κ3) is 4.45. The van der Waals surface area contributed by atoms with Crippen LogP contribution in [0.1, 0.15) is 74.1 Å². The number of fused-ring (bicyclic) bond motifs is 1. The van der Waals surface area contributed by atoms with E-state index in [1.54, 1.807) is 18.4 Å². The molecule has 2 fully saturated rings. The maximum atomic E-state index is 12.8. The fourth-order valence-electron chi connectivity index (χ4n) is 6.76. The zero-order valence-corrected chi connectivity index (χ0v) is 20.6. The van der Waals surface area contributed by atoms with Crippen LogP contribution in [-0.4, -0.2) is 19.0 Å². The average molecular weight is 465 g/mol. The summed E-state index contributed by atoms with van der Waals surface area (Å²) in [4.78, 5) is 25.1. The second-order valence-corrected chi connectivity index (χ2v) is 10.4. The molecule has 2 aliphatic carbocycles. The molecule has 1 aromatic heterocycles. The molecule has 0 N–H and O–H groups in total. The maximum Gasteiger partial charge on any atom is 0.338 e. The molecule has 34 heavy (non-hydrogen) atoms. The molecule has 2 saturated carbocycles. The Balaban J connectivity index is 1.45. The Morgan fingerprint density at radius 1 is 1.15 bits per heavy atom. The van der Waals surface area contributed by atoms with Crippen LogP contribution >= 0.6 is 0 Å². The minimum absolute atomic E-state index is 0.0141. The molecule has 0 amide bonds. The van der Waals surface area contributed by atoms with Gasteiger partial charge >= 0.3 is 11.9 Å². The third-order valence-electron chi connectivity index (χ3n) is 8.56. The second-order valence-electron chi connectivity index (χ2n) is 10.4. The topological polar surface area (TPSA) is 65.7 Å². The van der Waals surface area contributed by atoms with E-state index in [1.165, 1.54) is 12.7 Å². The predicted octanol–water partition coefficient (Wildman–Crippen LogP) is 6.52. The van der Waals surface area contributed by atoms with Crippen LogP contribution in [-0.2, 0) is 27.3 Å². The summed E-state index contributed by atoms with van der Waals surface area (Å²) in [5, 5.41) is 0. The van der Waals surface area contributed by atoms with Gasteiger partial charge in [-0.25, -0.2) is 4.79 Å². The second kappa shape index (κ2) is 9.81. The van der Waals surface area contributed by atoms with E-state index in [4.69, 9.17) is 13.9 Å². The molecule has 1 aromatic carbocycles. The Bertz CT molecular complexity index is 1040. The van der Waals surface area contributed by atoms with Crippen LogP contribution in [0.4, 0.5) is 0 Å². The molecule has 2 aromatic rings. The van der Waals surface area contributed by atoms with Gasteiger partial charge in [0.2, 0.25) is 0 Å². The SMILES string of the molecule is C=C1CC[C@H]2[C@](C)(CCC[C@@]2(C)C(=O)OC)[C@H]1CCc1ccoc1COC(=O)c1ccccc1. The van der Waals surface area contributed by atoms with Crippen molar-refractivity contribution in [2.24, 2.45) is 22.7 Å². The molecular weight excluding hydrogens is 428 g/mol. The maximum absolute atomic E-state index is 12.8. The van der Waals surface area contributed by atoms with Gasteiger partial charge < -0.3 is 13.9 Å². The highest BCUT2D eigenvalue weighted by Gasteiger charge is 2.57. The lowest BCUT2D eigenvalue weighted by Gasteiger charge is -2.57. The zero-order valence-electron chi connectivity index (χ0n) is 20.6. The number of furan rings is 1. The first-order chi connectivity index (χ1) is 16.3. The molecular formula is C29H36O5. The van der Waals surface area contributed by atoms with Gasteiger partial charge in [-0.05, 0) is 86.5 Å². The van der Waals surface area contributed by atoms with Crippen LogP contribution in [0.5, 0.6) is 0 Å². The Morgan fingerprint density at radius 3 is 2.65 bits per heavy atom. The van der Waals surface area contributed by atoms with Gasteiger partial charge in [0.1, 0.15) is 12.4 Å². The van der Waals surface area contributed by atoms with Gasteiger partial charge in [0, 0.05) is 0 Å². The van der Waals surface area contributed by atoms with Crippen molar-refractivity contribution in [2.45, 2.75) is 65.4 Å². The van der Waals surface area contributed by atoms with Gasteiger partial charge in [-0.15, -0.1) is 0 Å². The quantitative estimate of drug-likeness (QED) is 0.345. The number of ether oxygens (including phenoxy) is 2. The third-order valence-corrected chi connectivity index (χ3v) is 8.56. The van der Waals surface area contributed by atoms with Crippen molar-refractivity contribution in [2.75, 3.05) is 7.11 Å². The number of aryl methyl sites for hydroxylation is 1. The number of carbonyl (C=O) groups is 2. The molecule has 0 bridgehead atoms. The van der Waals surface area contributed by atoms with E-state index in [2.05, 4.69) is 20.4 Å². The van der Waals surface area contributed by atoms with Crippen molar-refractivity contribution in [3.8, 4) is 0 Å². The molecule has 4 rings (SSSR count). The molecule has 0 spiro atoms. The Labute approximate surface area is 202 Å². The Morgan fingerprint density at radius 2 is 1.91 bits per heavy atom. The number of hydrogen-bond donors (Lipinski definition) is 0. The minimum atomic E-state index is -0.437. The van der Waals surface area contributed by atoms with Gasteiger partial charge in [-0.2, -0.15) is 0 Å². The molecule has 0 unspecified atom stereocenters. The number of allylic oxidation sites excluding steroid dienone is 1. The van der Waals surface area contributed by atoms with Crippen molar-refractivity contribution in [3.05, 3.63) is 71.7 Å². The van der Waals surface area contributed by atoms with Gasteiger partial charge in [-0.1, -0.05) is 43.7 Å².